The first-order valence-electron chi connectivity index (χ1n) is 6.33. The third-order valence-electron chi connectivity index (χ3n) is 2.68. The Balaban J connectivity index is 2.34. The summed E-state index contributed by atoms with van der Waals surface area (Å²) in [5, 5.41) is 22.8. The second-order valence-corrected chi connectivity index (χ2v) is 4.24. The van der Waals surface area contributed by atoms with Crippen LogP contribution < -0.4 is 10.1 Å². The number of rotatable bonds is 5. The highest BCUT2D eigenvalue weighted by Gasteiger charge is 2.11. The topological polar surface area (TPSA) is 88.2 Å². The minimum absolute atomic E-state index is 0.0557. The van der Waals surface area contributed by atoms with Gasteiger partial charge in [-0.25, -0.2) is 0 Å². The van der Waals surface area contributed by atoms with Crippen LogP contribution in [0.2, 0.25) is 0 Å². The Hall–Kier alpha value is -3.07. The standard InChI is InChI=1S/C15H13N3O3/c1-2-17-12-7-13(18(19)20)9-15(8-12)21-14-5-3-4-11(6-14)10-16/h3-9,17H,2H2,1H3. The average Bonchev–Trinajstić information content (AvgIpc) is 2.47. The van der Waals surface area contributed by atoms with Gasteiger partial charge >= 0.3 is 0 Å². The number of anilines is 1. The lowest BCUT2D eigenvalue weighted by molar-refractivity contribution is -0.384. The van der Waals surface area contributed by atoms with E-state index in [4.69, 9.17) is 10.00 Å². The van der Waals surface area contributed by atoms with E-state index in [2.05, 4.69) is 5.32 Å². The molecule has 0 aliphatic rings. The molecule has 2 aromatic carbocycles. The molecule has 21 heavy (non-hydrogen) atoms. The summed E-state index contributed by atoms with van der Waals surface area (Å²) in [6.45, 7) is 2.54. The third kappa shape index (κ3) is 3.70. The second-order valence-electron chi connectivity index (χ2n) is 4.24. The van der Waals surface area contributed by atoms with Crippen LogP contribution in [-0.4, -0.2) is 11.5 Å². The molecule has 0 heterocycles. The van der Waals surface area contributed by atoms with Gasteiger partial charge in [0.2, 0.25) is 0 Å². The smallest absolute Gasteiger partial charge is 0.275 e. The van der Waals surface area contributed by atoms with Gasteiger partial charge < -0.3 is 10.1 Å². The lowest BCUT2D eigenvalue weighted by atomic mass is 10.2. The summed E-state index contributed by atoms with van der Waals surface area (Å²) in [4.78, 5) is 10.5. The molecule has 0 atom stereocenters. The Morgan fingerprint density at radius 3 is 2.76 bits per heavy atom. The van der Waals surface area contributed by atoms with Crippen molar-refractivity contribution in [2.45, 2.75) is 6.92 Å². The number of nitriles is 1. The Morgan fingerprint density at radius 2 is 2.10 bits per heavy atom. The summed E-state index contributed by atoms with van der Waals surface area (Å²) < 4.78 is 5.60. The number of ether oxygens (including phenoxy) is 1. The van der Waals surface area contributed by atoms with Crippen molar-refractivity contribution in [2.24, 2.45) is 0 Å². The highest BCUT2D eigenvalue weighted by Crippen LogP contribution is 2.29. The highest BCUT2D eigenvalue weighted by atomic mass is 16.6. The van der Waals surface area contributed by atoms with Crippen LogP contribution in [0, 0.1) is 21.4 Å². The average molecular weight is 283 g/mol. The van der Waals surface area contributed by atoms with Crippen molar-refractivity contribution in [2.75, 3.05) is 11.9 Å². The van der Waals surface area contributed by atoms with Crippen molar-refractivity contribution < 1.29 is 9.66 Å². The van der Waals surface area contributed by atoms with Crippen LogP contribution >= 0.6 is 0 Å². The Bertz CT molecular complexity index is 708. The fourth-order valence-corrected chi connectivity index (χ4v) is 1.82. The van der Waals surface area contributed by atoms with Crippen LogP contribution in [0.4, 0.5) is 11.4 Å². The molecular formula is C15H13N3O3. The molecule has 0 saturated carbocycles. The molecule has 0 saturated heterocycles. The maximum Gasteiger partial charge on any atom is 0.275 e. The lowest BCUT2D eigenvalue weighted by Gasteiger charge is -2.09. The molecule has 0 fully saturated rings. The van der Waals surface area contributed by atoms with Gasteiger partial charge in [-0.15, -0.1) is 0 Å². The van der Waals surface area contributed by atoms with Gasteiger partial charge in [-0.3, -0.25) is 10.1 Å². The van der Waals surface area contributed by atoms with E-state index in [9.17, 15) is 10.1 Å². The van der Waals surface area contributed by atoms with Gasteiger partial charge in [-0.1, -0.05) is 6.07 Å². The number of nitro benzene ring substituents is 1. The molecule has 0 aromatic heterocycles. The summed E-state index contributed by atoms with van der Waals surface area (Å²) >= 11 is 0. The number of benzene rings is 2. The predicted molar refractivity (Wildman–Crippen MR) is 78.5 cm³/mol. The van der Waals surface area contributed by atoms with Gasteiger partial charge in [0, 0.05) is 24.4 Å². The van der Waals surface area contributed by atoms with Crippen molar-refractivity contribution in [3.05, 3.63) is 58.1 Å². The molecule has 6 nitrogen and oxygen atoms in total. The zero-order valence-electron chi connectivity index (χ0n) is 11.4. The van der Waals surface area contributed by atoms with Crippen molar-refractivity contribution in [3.63, 3.8) is 0 Å². The first-order chi connectivity index (χ1) is 10.1. The number of nitro groups is 1. The number of nitrogens with one attached hydrogen (secondary N) is 1. The molecule has 0 amide bonds. The zero-order chi connectivity index (χ0) is 15.2. The Labute approximate surface area is 121 Å². The summed E-state index contributed by atoms with van der Waals surface area (Å²) in [7, 11) is 0. The van der Waals surface area contributed by atoms with Crippen molar-refractivity contribution in [3.8, 4) is 17.6 Å². The third-order valence-corrected chi connectivity index (χ3v) is 2.68. The van der Waals surface area contributed by atoms with E-state index in [1.54, 1.807) is 30.3 Å². The quantitative estimate of drug-likeness (QED) is 0.667. The molecule has 0 aliphatic carbocycles. The van der Waals surface area contributed by atoms with Gasteiger partial charge in [0.25, 0.3) is 5.69 Å². The van der Waals surface area contributed by atoms with Crippen molar-refractivity contribution in [1.29, 1.82) is 5.26 Å². The van der Waals surface area contributed by atoms with Gasteiger partial charge in [0.15, 0.2) is 0 Å². The highest BCUT2D eigenvalue weighted by molar-refractivity contribution is 5.57. The lowest BCUT2D eigenvalue weighted by Crippen LogP contribution is -1.98. The van der Waals surface area contributed by atoms with Gasteiger partial charge in [-0.2, -0.15) is 5.26 Å². The van der Waals surface area contributed by atoms with Crippen molar-refractivity contribution in [1.82, 2.24) is 0 Å². The molecule has 0 radical (unpaired) electrons. The molecule has 1 N–H and O–H groups in total. The second kappa shape index (κ2) is 6.39. The molecule has 6 heteroatoms. The van der Waals surface area contributed by atoms with E-state index in [1.165, 1.54) is 12.1 Å². The number of hydrogen-bond donors (Lipinski definition) is 1. The Kier molecular flexibility index (Phi) is 4.36. The van der Waals surface area contributed by atoms with E-state index >= 15 is 0 Å². The van der Waals surface area contributed by atoms with Crippen LogP contribution in [0.3, 0.4) is 0 Å². The molecule has 2 aromatic rings. The molecular weight excluding hydrogens is 270 g/mol. The van der Waals surface area contributed by atoms with Crippen LogP contribution in [0.5, 0.6) is 11.5 Å². The largest absolute Gasteiger partial charge is 0.457 e. The SMILES string of the molecule is CCNc1cc(Oc2cccc(C#N)c2)cc([N+](=O)[O-])c1. The molecule has 0 aliphatic heterocycles. The predicted octanol–water partition coefficient (Wildman–Crippen LogP) is 3.69. The fourth-order valence-electron chi connectivity index (χ4n) is 1.82. The monoisotopic (exact) mass is 283 g/mol. The Morgan fingerprint density at radius 1 is 1.29 bits per heavy atom. The maximum atomic E-state index is 10.9. The van der Waals surface area contributed by atoms with E-state index in [0.717, 1.165) is 0 Å². The van der Waals surface area contributed by atoms with Crippen LogP contribution in [-0.2, 0) is 0 Å². The van der Waals surface area contributed by atoms with E-state index in [0.29, 0.717) is 29.3 Å². The minimum Gasteiger partial charge on any atom is -0.457 e. The molecule has 0 spiro atoms. The fraction of sp³-hybridized carbons (Fsp3) is 0.133. The number of non-ortho nitro benzene ring substituents is 1. The summed E-state index contributed by atoms with van der Waals surface area (Å²) in [6.07, 6.45) is 0. The number of nitrogens with zero attached hydrogens (tertiary/aromatic N) is 2. The van der Waals surface area contributed by atoms with Crippen LogP contribution in [0.1, 0.15) is 12.5 Å². The molecule has 0 bridgehead atoms. The summed E-state index contributed by atoms with van der Waals surface area (Å²) in [6, 6.07) is 13.1. The van der Waals surface area contributed by atoms with Gasteiger partial charge in [-0.05, 0) is 25.1 Å². The molecule has 2 rings (SSSR count). The van der Waals surface area contributed by atoms with E-state index in [1.807, 2.05) is 13.0 Å². The normalized spacial score (nSPS) is 9.71. The molecule has 0 unspecified atom stereocenters. The van der Waals surface area contributed by atoms with Crippen LogP contribution in [0.25, 0.3) is 0 Å². The minimum atomic E-state index is -0.473. The van der Waals surface area contributed by atoms with Gasteiger partial charge in [0.1, 0.15) is 11.5 Å². The van der Waals surface area contributed by atoms with E-state index in [-0.39, 0.29) is 5.69 Å². The van der Waals surface area contributed by atoms with Crippen LogP contribution in [0.15, 0.2) is 42.5 Å². The van der Waals surface area contributed by atoms with Gasteiger partial charge in [0.05, 0.1) is 22.6 Å². The first kappa shape index (κ1) is 14.3. The maximum absolute atomic E-state index is 10.9. The first-order valence-corrected chi connectivity index (χ1v) is 6.33. The van der Waals surface area contributed by atoms with Crippen molar-refractivity contribution >= 4 is 11.4 Å². The van der Waals surface area contributed by atoms with E-state index < -0.39 is 4.92 Å². The molecule has 106 valence electrons. The summed E-state index contributed by atoms with van der Waals surface area (Å²) in [5.41, 5.74) is 1.02. The summed E-state index contributed by atoms with van der Waals surface area (Å²) in [5.74, 6) is 0.798. The number of hydrogen-bond acceptors (Lipinski definition) is 5. The zero-order valence-corrected chi connectivity index (χ0v) is 11.4.